The lowest BCUT2D eigenvalue weighted by Crippen LogP contribution is -2.51. The van der Waals surface area contributed by atoms with Gasteiger partial charge in [0, 0.05) is 5.56 Å². The van der Waals surface area contributed by atoms with E-state index in [-0.39, 0.29) is 39.7 Å². The zero-order chi connectivity index (χ0) is 38.9. The van der Waals surface area contributed by atoms with Crippen LogP contribution in [0.4, 0.5) is 8.78 Å². The van der Waals surface area contributed by atoms with Crippen molar-refractivity contribution in [2.45, 2.75) is 110 Å². The molecule has 7 heteroatoms. The van der Waals surface area contributed by atoms with Gasteiger partial charge in [-0.2, -0.15) is 0 Å². The van der Waals surface area contributed by atoms with E-state index in [9.17, 15) is 4.79 Å². The molecule has 0 saturated heterocycles. The summed E-state index contributed by atoms with van der Waals surface area (Å²) in [6.07, 6.45) is 5.99. The predicted molar refractivity (Wildman–Crippen MR) is 216 cm³/mol. The fourth-order valence-electron chi connectivity index (χ4n) is 7.46. The number of ether oxygens (including phenoxy) is 2. The van der Waals surface area contributed by atoms with Crippen LogP contribution in [0, 0.1) is 17.6 Å². The van der Waals surface area contributed by atoms with Crippen LogP contribution >= 0.6 is 0 Å². The number of rotatable bonds is 16. The number of para-hydroxylation sites is 1. The lowest BCUT2D eigenvalue weighted by molar-refractivity contribution is 0.0600. The average molecular weight is 741 g/mol. The first-order chi connectivity index (χ1) is 25.0. The molecule has 0 bridgehead atoms. The summed E-state index contributed by atoms with van der Waals surface area (Å²) < 4.78 is 49.3. The monoisotopic (exact) mass is 740 g/mol. The summed E-state index contributed by atoms with van der Waals surface area (Å²) in [5.41, 5.74) is 6.00. The van der Waals surface area contributed by atoms with E-state index in [1.807, 2.05) is 42.5 Å². The van der Waals surface area contributed by atoms with Gasteiger partial charge in [-0.15, -0.1) is 0 Å². The minimum Gasteiger partial charge on any atom is -0.539 e. The molecule has 0 fully saturated rings. The number of halogens is 2. The van der Waals surface area contributed by atoms with E-state index < -0.39 is 20.0 Å². The second-order valence-electron chi connectivity index (χ2n) is 16.1. The van der Waals surface area contributed by atoms with E-state index in [1.165, 1.54) is 24.8 Å². The molecule has 4 nitrogen and oxygen atoms in total. The Morgan fingerprint density at radius 1 is 0.774 bits per heavy atom. The second-order valence-corrected chi connectivity index (χ2v) is 21.5. The molecule has 0 heterocycles. The smallest absolute Gasteiger partial charge is 0.337 e. The third kappa shape index (κ3) is 10.7. The topological polar surface area (TPSA) is 44.8 Å². The van der Waals surface area contributed by atoms with E-state index in [0.29, 0.717) is 37.0 Å². The standard InChI is InChI=1S/C46H58F2O4Si/c1-31(2)53(32(3)4,33(5)6)52-44-41(47)28-37(29-42(44)48)27-35(16-15-34-17-23-39(24-18-34)45(49)50-10)19-22-38-13-11-12-14-43(38)51-30-36-20-25-40(26-21-36)46(7,8)9/h11-14,17-26,28-29,31-33,35H,15-16,27,30H2,1-10H3. The van der Waals surface area contributed by atoms with Crippen molar-refractivity contribution in [2.75, 3.05) is 7.11 Å². The highest BCUT2D eigenvalue weighted by Crippen LogP contribution is 2.44. The van der Waals surface area contributed by atoms with Gasteiger partial charge in [0.1, 0.15) is 12.4 Å². The van der Waals surface area contributed by atoms with Crippen molar-refractivity contribution in [3.05, 3.63) is 136 Å². The summed E-state index contributed by atoms with van der Waals surface area (Å²) in [7, 11) is -1.21. The molecule has 0 aliphatic carbocycles. The van der Waals surface area contributed by atoms with Crippen LogP contribution in [0.25, 0.3) is 6.08 Å². The van der Waals surface area contributed by atoms with Crippen LogP contribution in [0.15, 0.2) is 91.0 Å². The molecule has 53 heavy (non-hydrogen) atoms. The highest BCUT2D eigenvalue weighted by Gasteiger charge is 2.48. The largest absolute Gasteiger partial charge is 0.539 e. The van der Waals surface area contributed by atoms with Crippen molar-refractivity contribution in [1.82, 2.24) is 0 Å². The third-order valence-electron chi connectivity index (χ3n) is 10.4. The number of methoxy groups -OCH3 is 1. The molecule has 0 radical (unpaired) electrons. The fourth-order valence-corrected chi connectivity index (χ4v) is 12.7. The quantitative estimate of drug-likeness (QED) is 0.0847. The zero-order valence-corrected chi connectivity index (χ0v) is 34.3. The Labute approximate surface area is 317 Å². The van der Waals surface area contributed by atoms with Crippen LogP contribution in [0.5, 0.6) is 11.5 Å². The van der Waals surface area contributed by atoms with E-state index in [1.54, 1.807) is 12.1 Å². The Bertz CT molecular complexity index is 1780. The Kier molecular flexibility index (Phi) is 14.3. The van der Waals surface area contributed by atoms with E-state index in [0.717, 1.165) is 22.4 Å². The summed E-state index contributed by atoms with van der Waals surface area (Å²) in [6.45, 7) is 19.6. The molecule has 1 atom stereocenters. The zero-order valence-electron chi connectivity index (χ0n) is 33.3. The lowest BCUT2D eigenvalue weighted by atomic mass is 9.87. The van der Waals surface area contributed by atoms with Gasteiger partial charge in [0.15, 0.2) is 17.4 Å². The number of carbonyl (C=O) groups excluding carboxylic acids is 1. The number of allylic oxidation sites excluding steroid dienone is 1. The predicted octanol–water partition coefficient (Wildman–Crippen LogP) is 12.7. The normalized spacial score (nSPS) is 12.9. The van der Waals surface area contributed by atoms with Gasteiger partial charge in [0.2, 0.25) is 0 Å². The van der Waals surface area contributed by atoms with Gasteiger partial charge < -0.3 is 13.9 Å². The molecular formula is C46H58F2O4Si. The summed E-state index contributed by atoms with van der Waals surface area (Å²) >= 11 is 0. The van der Waals surface area contributed by atoms with Crippen molar-refractivity contribution in [3.8, 4) is 11.5 Å². The van der Waals surface area contributed by atoms with Crippen molar-refractivity contribution >= 4 is 20.4 Å². The van der Waals surface area contributed by atoms with Gasteiger partial charge in [-0.1, -0.05) is 129 Å². The highest BCUT2D eigenvalue weighted by atomic mass is 28.4. The molecule has 0 aliphatic rings. The molecule has 0 aromatic heterocycles. The third-order valence-corrected chi connectivity index (χ3v) is 16.4. The molecule has 284 valence electrons. The van der Waals surface area contributed by atoms with Crippen molar-refractivity contribution in [2.24, 2.45) is 5.92 Å². The molecule has 4 aromatic rings. The van der Waals surface area contributed by atoms with Gasteiger partial charge >= 0.3 is 5.97 Å². The SMILES string of the molecule is COC(=O)c1ccc(CCC(C=Cc2ccccc2OCc2ccc(C(C)(C)C)cc2)Cc2cc(F)c(O[Si](C(C)C)(C(C)C)C(C)C)c(F)c2)cc1. The average Bonchev–Trinajstić information content (AvgIpc) is 3.11. The highest BCUT2D eigenvalue weighted by molar-refractivity contribution is 6.78. The summed E-state index contributed by atoms with van der Waals surface area (Å²) in [6, 6.07) is 26.7. The molecular weight excluding hydrogens is 683 g/mol. The van der Waals surface area contributed by atoms with Gasteiger partial charge in [-0.3, -0.25) is 0 Å². The van der Waals surface area contributed by atoms with Crippen LogP contribution in [-0.2, 0) is 29.6 Å². The molecule has 0 spiro atoms. The molecule has 0 amide bonds. The van der Waals surface area contributed by atoms with E-state index >= 15 is 8.78 Å². The Hall–Kier alpha value is -4.23. The Morgan fingerprint density at radius 2 is 1.34 bits per heavy atom. The van der Waals surface area contributed by atoms with Crippen molar-refractivity contribution < 1.29 is 27.5 Å². The second kappa shape index (κ2) is 18.2. The van der Waals surface area contributed by atoms with E-state index in [2.05, 4.69) is 92.7 Å². The number of carbonyl (C=O) groups is 1. The summed E-state index contributed by atoms with van der Waals surface area (Å²) in [4.78, 5) is 12.0. The maximum atomic E-state index is 15.9. The number of aryl methyl sites for hydroxylation is 1. The van der Waals surface area contributed by atoms with Gasteiger partial charge in [0.05, 0.1) is 12.7 Å². The van der Waals surface area contributed by atoms with Crippen LogP contribution < -0.4 is 9.16 Å². The van der Waals surface area contributed by atoms with Gasteiger partial charge in [-0.25, -0.2) is 13.6 Å². The summed E-state index contributed by atoms with van der Waals surface area (Å²) in [5, 5.41) is 0. The fraction of sp³-hybridized carbons (Fsp3) is 0.413. The maximum Gasteiger partial charge on any atom is 0.337 e. The van der Waals surface area contributed by atoms with Crippen molar-refractivity contribution in [1.29, 1.82) is 0 Å². The van der Waals surface area contributed by atoms with Crippen molar-refractivity contribution in [3.63, 3.8) is 0 Å². The Balaban J connectivity index is 1.60. The summed E-state index contributed by atoms with van der Waals surface area (Å²) in [5.74, 6) is -1.26. The molecule has 0 N–H and O–H groups in total. The van der Waals surface area contributed by atoms with Crippen LogP contribution in [0.1, 0.15) is 107 Å². The first-order valence-electron chi connectivity index (χ1n) is 18.9. The minimum atomic E-state index is -2.57. The van der Waals surface area contributed by atoms with Crippen LogP contribution in [-0.4, -0.2) is 21.4 Å². The van der Waals surface area contributed by atoms with Crippen LogP contribution in [0.3, 0.4) is 0 Å². The molecule has 4 rings (SSSR count). The van der Waals surface area contributed by atoms with E-state index in [4.69, 9.17) is 13.9 Å². The number of esters is 1. The first kappa shape index (κ1) is 41.5. The Morgan fingerprint density at radius 3 is 1.89 bits per heavy atom. The minimum absolute atomic E-state index is 0.0608. The van der Waals surface area contributed by atoms with Gasteiger partial charge in [-0.05, 0) is 99.8 Å². The molecule has 4 aromatic carbocycles. The molecule has 0 saturated carbocycles. The number of hydrogen-bond acceptors (Lipinski definition) is 4. The molecule has 0 aliphatic heterocycles. The number of hydrogen-bond donors (Lipinski definition) is 0. The van der Waals surface area contributed by atoms with Crippen LogP contribution in [0.2, 0.25) is 16.6 Å². The first-order valence-corrected chi connectivity index (χ1v) is 21.0. The lowest BCUT2D eigenvalue weighted by Gasteiger charge is -2.42. The van der Waals surface area contributed by atoms with Gasteiger partial charge in [0.25, 0.3) is 8.32 Å². The molecule has 1 unspecified atom stereocenters. The maximum absolute atomic E-state index is 15.9. The number of benzene rings is 4.